The Hall–Kier alpha value is -1.42. The molecule has 3 atom stereocenters. The van der Waals surface area contributed by atoms with Crippen LogP contribution in [-0.2, 0) is 17.3 Å². The van der Waals surface area contributed by atoms with Crippen LogP contribution >= 0.6 is 24.0 Å². The van der Waals surface area contributed by atoms with Crippen LogP contribution in [0.1, 0.15) is 45.4 Å². The number of nitrogens with zero attached hydrogens (tertiary/aromatic N) is 2. The van der Waals surface area contributed by atoms with E-state index in [4.69, 9.17) is 4.99 Å². The molecule has 1 heterocycles. The van der Waals surface area contributed by atoms with Crippen molar-refractivity contribution in [3.05, 3.63) is 42.4 Å². The average Bonchev–Trinajstić information content (AvgIpc) is 3.21. The van der Waals surface area contributed by atoms with Crippen molar-refractivity contribution in [2.24, 2.45) is 4.99 Å². The number of aromatic amines is 1. The van der Waals surface area contributed by atoms with Gasteiger partial charge in [0.05, 0.1) is 11.9 Å². The van der Waals surface area contributed by atoms with Gasteiger partial charge in [0, 0.05) is 34.4 Å². The molecule has 0 spiro atoms. The third kappa shape index (κ3) is 7.09. The maximum Gasteiger partial charge on any atom is 0.191 e. The van der Waals surface area contributed by atoms with Crippen molar-refractivity contribution in [2.75, 3.05) is 12.3 Å². The Balaban J connectivity index is 0.00000300. The van der Waals surface area contributed by atoms with Crippen LogP contribution in [0.5, 0.6) is 0 Å². The molecule has 0 saturated heterocycles. The summed E-state index contributed by atoms with van der Waals surface area (Å²) >= 11 is 0. The number of halogens is 1. The fourth-order valence-electron chi connectivity index (χ4n) is 3.63. The Labute approximate surface area is 193 Å². The molecule has 1 aromatic carbocycles. The van der Waals surface area contributed by atoms with Crippen molar-refractivity contribution in [3.63, 3.8) is 0 Å². The van der Waals surface area contributed by atoms with E-state index in [-0.39, 0.29) is 24.0 Å². The maximum atomic E-state index is 12.2. The van der Waals surface area contributed by atoms with E-state index >= 15 is 0 Å². The number of hydrogen-bond donors (Lipinski definition) is 3. The van der Waals surface area contributed by atoms with Gasteiger partial charge in [-0.25, -0.2) is 9.98 Å². The normalized spacial score (nSPS) is 20.6. The minimum Gasteiger partial charge on any atom is -0.357 e. The van der Waals surface area contributed by atoms with E-state index in [1.165, 1.54) is 0 Å². The fraction of sp³-hybridized carbons (Fsp3) is 0.524. The zero-order chi connectivity index (χ0) is 19.8. The summed E-state index contributed by atoms with van der Waals surface area (Å²) < 4.78 is 12.2. The first-order valence-corrected chi connectivity index (χ1v) is 11.6. The molecule has 8 heteroatoms. The van der Waals surface area contributed by atoms with Gasteiger partial charge in [0.25, 0.3) is 0 Å². The predicted octanol–water partition coefficient (Wildman–Crippen LogP) is 3.83. The predicted molar refractivity (Wildman–Crippen MR) is 132 cm³/mol. The summed E-state index contributed by atoms with van der Waals surface area (Å²) in [5.74, 6) is 2.38. The molecule has 0 bridgehead atoms. The number of imidazole rings is 1. The Bertz CT molecular complexity index is 795. The third-order valence-corrected chi connectivity index (χ3v) is 6.81. The monoisotopic (exact) mass is 529 g/mol. The summed E-state index contributed by atoms with van der Waals surface area (Å²) in [6.07, 6.45) is 6.09. The Kier molecular flexibility index (Phi) is 10.1. The molecular weight excluding hydrogens is 497 g/mol. The van der Waals surface area contributed by atoms with Crippen LogP contribution in [0, 0.1) is 0 Å². The Morgan fingerprint density at radius 1 is 1.28 bits per heavy atom. The zero-order valence-corrected chi connectivity index (χ0v) is 20.3. The van der Waals surface area contributed by atoms with E-state index in [9.17, 15) is 4.21 Å². The lowest BCUT2D eigenvalue weighted by molar-refractivity contribution is 0.413. The molecule has 1 aromatic heterocycles. The molecule has 0 aliphatic heterocycles. The second-order valence-electron chi connectivity index (χ2n) is 7.10. The molecule has 1 fully saturated rings. The molecular formula is C21H32IN5OS. The number of H-pyrrole nitrogens is 1. The third-order valence-electron chi connectivity index (χ3n) is 5.07. The van der Waals surface area contributed by atoms with Gasteiger partial charge in [-0.3, -0.25) is 4.21 Å². The lowest BCUT2D eigenvalue weighted by Gasteiger charge is -2.30. The first kappa shape index (κ1) is 23.9. The molecule has 1 aliphatic rings. The summed E-state index contributed by atoms with van der Waals surface area (Å²) in [5, 5.41) is 7.16. The van der Waals surface area contributed by atoms with Crippen molar-refractivity contribution in [3.8, 4) is 11.3 Å². The minimum atomic E-state index is -0.717. The van der Waals surface area contributed by atoms with Gasteiger partial charge in [0.15, 0.2) is 5.96 Å². The molecule has 3 rings (SSSR count). The minimum absolute atomic E-state index is 0. The molecule has 2 aromatic rings. The lowest BCUT2D eigenvalue weighted by Crippen LogP contribution is -2.46. The van der Waals surface area contributed by atoms with E-state index in [1.807, 2.05) is 31.3 Å². The van der Waals surface area contributed by atoms with Crippen LogP contribution < -0.4 is 10.6 Å². The quantitative estimate of drug-likeness (QED) is 0.289. The van der Waals surface area contributed by atoms with Crippen molar-refractivity contribution in [1.82, 2.24) is 20.6 Å². The largest absolute Gasteiger partial charge is 0.357 e. The molecule has 6 nitrogen and oxygen atoms in total. The summed E-state index contributed by atoms with van der Waals surface area (Å²) in [6.45, 7) is 5.36. The topological polar surface area (TPSA) is 82.2 Å². The number of aliphatic imine (C=N–C) groups is 1. The maximum absolute atomic E-state index is 12.2. The number of benzene rings is 1. The van der Waals surface area contributed by atoms with Gasteiger partial charge in [0.1, 0.15) is 12.4 Å². The van der Waals surface area contributed by atoms with Crippen LogP contribution in [-0.4, -0.2) is 43.7 Å². The number of aromatic nitrogens is 2. The highest BCUT2D eigenvalue weighted by Gasteiger charge is 2.26. The average molecular weight is 529 g/mol. The van der Waals surface area contributed by atoms with Crippen LogP contribution in [0.3, 0.4) is 0 Å². The van der Waals surface area contributed by atoms with Gasteiger partial charge in [-0.05, 0) is 31.7 Å². The van der Waals surface area contributed by atoms with Gasteiger partial charge in [-0.1, -0.05) is 43.7 Å². The van der Waals surface area contributed by atoms with Crippen LogP contribution in [0.2, 0.25) is 0 Å². The molecule has 1 saturated carbocycles. The molecule has 0 amide bonds. The number of guanidine groups is 1. The highest BCUT2D eigenvalue weighted by atomic mass is 127. The van der Waals surface area contributed by atoms with Crippen molar-refractivity contribution < 1.29 is 4.21 Å². The number of nitrogens with one attached hydrogen (secondary N) is 3. The Morgan fingerprint density at radius 3 is 2.79 bits per heavy atom. The zero-order valence-electron chi connectivity index (χ0n) is 17.2. The van der Waals surface area contributed by atoms with Gasteiger partial charge >= 0.3 is 0 Å². The fourth-order valence-corrected chi connectivity index (χ4v) is 4.97. The highest BCUT2D eigenvalue weighted by molar-refractivity contribution is 14.0. The van der Waals surface area contributed by atoms with Gasteiger partial charge < -0.3 is 15.6 Å². The molecule has 0 radical (unpaired) electrons. The SMILES string of the molecule is CCNC(=NCc1ncc(-c2ccccc2)[nH]1)NC1CCCC(S(=O)CC)C1.I. The van der Waals surface area contributed by atoms with Gasteiger partial charge in [-0.2, -0.15) is 0 Å². The van der Waals surface area contributed by atoms with E-state index in [2.05, 4.69) is 39.7 Å². The Morgan fingerprint density at radius 2 is 2.07 bits per heavy atom. The highest BCUT2D eigenvalue weighted by Crippen LogP contribution is 2.23. The smallest absolute Gasteiger partial charge is 0.191 e. The van der Waals surface area contributed by atoms with E-state index < -0.39 is 10.8 Å². The van der Waals surface area contributed by atoms with Crippen molar-refractivity contribution >= 4 is 40.7 Å². The van der Waals surface area contributed by atoms with Crippen LogP contribution in [0.25, 0.3) is 11.3 Å². The molecule has 29 heavy (non-hydrogen) atoms. The van der Waals surface area contributed by atoms with Crippen LogP contribution in [0.15, 0.2) is 41.5 Å². The summed E-state index contributed by atoms with van der Waals surface area (Å²) in [6, 6.07) is 10.5. The second-order valence-corrected chi connectivity index (χ2v) is 9.11. The summed E-state index contributed by atoms with van der Waals surface area (Å²) in [4.78, 5) is 12.5. The van der Waals surface area contributed by atoms with Crippen molar-refractivity contribution in [2.45, 2.75) is 57.4 Å². The van der Waals surface area contributed by atoms with Gasteiger partial charge in [-0.15, -0.1) is 24.0 Å². The summed E-state index contributed by atoms with van der Waals surface area (Å²) in [5.41, 5.74) is 2.12. The first-order valence-electron chi connectivity index (χ1n) is 10.2. The van der Waals surface area contributed by atoms with E-state index in [0.717, 1.165) is 61.0 Å². The van der Waals surface area contributed by atoms with Crippen LogP contribution in [0.4, 0.5) is 0 Å². The first-order chi connectivity index (χ1) is 13.7. The number of rotatable bonds is 7. The summed E-state index contributed by atoms with van der Waals surface area (Å²) in [7, 11) is -0.717. The lowest BCUT2D eigenvalue weighted by atomic mass is 9.95. The molecule has 160 valence electrons. The molecule has 3 N–H and O–H groups in total. The van der Waals surface area contributed by atoms with E-state index in [1.54, 1.807) is 0 Å². The molecule has 3 unspecified atom stereocenters. The van der Waals surface area contributed by atoms with E-state index in [0.29, 0.717) is 17.8 Å². The standard InChI is InChI=1S/C21H31N5OS.HI/c1-3-22-21(25-17-11-8-12-18(13-17)28(27)4-2)24-15-20-23-14-19(26-20)16-9-6-5-7-10-16;/h5-7,9-10,14,17-18H,3-4,8,11-13,15H2,1-2H3,(H,23,26)(H2,22,24,25);1H. The van der Waals surface area contributed by atoms with Crippen molar-refractivity contribution in [1.29, 1.82) is 0 Å². The van der Waals surface area contributed by atoms with Gasteiger partial charge in [0.2, 0.25) is 0 Å². The molecule has 1 aliphatic carbocycles. The number of hydrogen-bond acceptors (Lipinski definition) is 3. The second kappa shape index (κ2) is 12.3.